The Labute approximate surface area is 159 Å². The fraction of sp³-hybridized carbons (Fsp3) is 0.389. The maximum atomic E-state index is 12.4. The molecule has 3 rings (SSSR count). The van der Waals surface area contributed by atoms with Gasteiger partial charge in [0.05, 0.1) is 15.6 Å². The number of anilines is 1. The third-order valence-corrected chi connectivity index (χ3v) is 7.03. The standard InChI is InChI=1S/C18H24N4O2S2/c1-19-18(20-9-15-26(23,24)16-6-3-2-4-7-16)22-12-10-21(11-13-22)17-8-5-14-25-17/h2-8,14H,9-13,15H2,1H3,(H,19,20). The maximum Gasteiger partial charge on any atom is 0.193 e. The quantitative estimate of drug-likeness (QED) is 0.622. The molecule has 2 aromatic rings. The number of aliphatic imine (C=N–C) groups is 1. The van der Waals surface area contributed by atoms with Crippen LogP contribution in [0.15, 0.2) is 57.7 Å². The van der Waals surface area contributed by atoms with Gasteiger partial charge in [-0.1, -0.05) is 18.2 Å². The Hall–Kier alpha value is -2.06. The van der Waals surface area contributed by atoms with Gasteiger partial charge in [-0.2, -0.15) is 0 Å². The highest BCUT2D eigenvalue weighted by Crippen LogP contribution is 2.22. The predicted molar refractivity (Wildman–Crippen MR) is 108 cm³/mol. The summed E-state index contributed by atoms with van der Waals surface area (Å²) in [5.41, 5.74) is 0. The molecule has 0 spiro atoms. The number of nitrogens with one attached hydrogen (secondary N) is 1. The second kappa shape index (κ2) is 8.55. The van der Waals surface area contributed by atoms with Gasteiger partial charge in [0.25, 0.3) is 0 Å². The lowest BCUT2D eigenvalue weighted by atomic mass is 10.3. The van der Waals surface area contributed by atoms with Crippen molar-refractivity contribution in [2.24, 2.45) is 4.99 Å². The predicted octanol–water partition coefficient (Wildman–Crippen LogP) is 1.92. The lowest BCUT2D eigenvalue weighted by Gasteiger charge is -2.37. The molecule has 1 aliphatic heterocycles. The van der Waals surface area contributed by atoms with Gasteiger partial charge in [-0.3, -0.25) is 4.99 Å². The van der Waals surface area contributed by atoms with Gasteiger partial charge >= 0.3 is 0 Å². The van der Waals surface area contributed by atoms with Gasteiger partial charge in [-0.15, -0.1) is 11.3 Å². The van der Waals surface area contributed by atoms with Crippen LogP contribution in [0.1, 0.15) is 0 Å². The summed E-state index contributed by atoms with van der Waals surface area (Å²) in [5, 5.41) is 6.58. The average Bonchev–Trinajstić information content (AvgIpc) is 3.21. The van der Waals surface area contributed by atoms with Crippen molar-refractivity contribution in [3.8, 4) is 0 Å². The molecule has 8 heteroatoms. The van der Waals surface area contributed by atoms with Crippen LogP contribution < -0.4 is 10.2 Å². The number of nitrogens with zero attached hydrogens (tertiary/aromatic N) is 3. The molecule has 0 bridgehead atoms. The number of piperazine rings is 1. The van der Waals surface area contributed by atoms with E-state index in [2.05, 4.69) is 37.6 Å². The first-order valence-corrected chi connectivity index (χ1v) is 11.2. The van der Waals surface area contributed by atoms with Crippen LogP contribution in [0.4, 0.5) is 5.00 Å². The average molecular weight is 393 g/mol. The Morgan fingerprint density at radius 1 is 1.12 bits per heavy atom. The third-order valence-electron chi connectivity index (χ3n) is 4.37. The summed E-state index contributed by atoms with van der Waals surface area (Å²) in [5.74, 6) is 0.810. The fourth-order valence-corrected chi connectivity index (χ4v) is 4.93. The molecule has 0 aliphatic carbocycles. The van der Waals surface area contributed by atoms with Gasteiger partial charge < -0.3 is 15.1 Å². The number of hydrogen-bond acceptors (Lipinski definition) is 5. The Morgan fingerprint density at radius 2 is 1.85 bits per heavy atom. The van der Waals surface area contributed by atoms with Crippen LogP contribution in [0, 0.1) is 0 Å². The Bertz CT molecular complexity index is 812. The van der Waals surface area contributed by atoms with Crippen LogP contribution in [-0.2, 0) is 9.84 Å². The normalized spacial score (nSPS) is 16.0. The minimum atomic E-state index is -3.28. The van der Waals surface area contributed by atoms with E-state index in [0.717, 1.165) is 32.1 Å². The first-order chi connectivity index (χ1) is 12.6. The van der Waals surface area contributed by atoms with Crippen molar-refractivity contribution in [3.05, 3.63) is 47.8 Å². The molecule has 1 aromatic heterocycles. The zero-order valence-corrected chi connectivity index (χ0v) is 16.5. The van der Waals surface area contributed by atoms with E-state index >= 15 is 0 Å². The van der Waals surface area contributed by atoms with E-state index in [9.17, 15) is 8.42 Å². The molecule has 0 unspecified atom stereocenters. The van der Waals surface area contributed by atoms with Gasteiger partial charge in [-0.05, 0) is 29.6 Å². The second-order valence-electron chi connectivity index (χ2n) is 6.03. The second-order valence-corrected chi connectivity index (χ2v) is 9.07. The molecule has 1 fully saturated rings. The minimum absolute atomic E-state index is 0.0468. The van der Waals surface area contributed by atoms with E-state index in [4.69, 9.17) is 0 Å². The van der Waals surface area contributed by atoms with Crippen LogP contribution in [-0.4, -0.2) is 64.8 Å². The summed E-state index contributed by atoms with van der Waals surface area (Å²) in [6, 6.07) is 12.8. The van der Waals surface area contributed by atoms with Crippen LogP contribution in [0.5, 0.6) is 0 Å². The van der Waals surface area contributed by atoms with Gasteiger partial charge in [0, 0.05) is 39.8 Å². The Kier molecular flexibility index (Phi) is 6.16. The molecule has 140 valence electrons. The number of benzene rings is 1. The summed E-state index contributed by atoms with van der Waals surface area (Å²) in [6.45, 7) is 3.94. The zero-order chi connectivity index (χ0) is 18.4. The highest BCUT2D eigenvalue weighted by Gasteiger charge is 2.21. The molecule has 1 aliphatic rings. The van der Waals surface area contributed by atoms with Crippen molar-refractivity contribution in [1.29, 1.82) is 0 Å². The number of rotatable bonds is 5. The number of thiophene rings is 1. The third kappa shape index (κ3) is 4.56. The molecule has 0 radical (unpaired) electrons. The zero-order valence-electron chi connectivity index (χ0n) is 14.8. The number of sulfone groups is 1. The molecule has 2 heterocycles. The van der Waals surface area contributed by atoms with E-state index in [1.54, 1.807) is 42.6 Å². The van der Waals surface area contributed by atoms with Crippen molar-refractivity contribution >= 4 is 32.1 Å². The minimum Gasteiger partial charge on any atom is -0.360 e. The monoisotopic (exact) mass is 392 g/mol. The van der Waals surface area contributed by atoms with Crippen molar-refractivity contribution in [1.82, 2.24) is 10.2 Å². The molecule has 1 N–H and O–H groups in total. The van der Waals surface area contributed by atoms with Crippen LogP contribution >= 0.6 is 11.3 Å². The topological polar surface area (TPSA) is 65.0 Å². The fourth-order valence-electron chi connectivity index (χ4n) is 2.96. The summed E-state index contributed by atoms with van der Waals surface area (Å²) in [4.78, 5) is 9.22. The van der Waals surface area contributed by atoms with Crippen LogP contribution in [0.2, 0.25) is 0 Å². The lowest BCUT2D eigenvalue weighted by Crippen LogP contribution is -2.53. The molecule has 1 saturated heterocycles. The van der Waals surface area contributed by atoms with Gasteiger partial charge in [0.1, 0.15) is 0 Å². The van der Waals surface area contributed by atoms with E-state index in [1.165, 1.54) is 5.00 Å². The van der Waals surface area contributed by atoms with Gasteiger partial charge in [0.2, 0.25) is 0 Å². The summed E-state index contributed by atoms with van der Waals surface area (Å²) < 4.78 is 24.7. The smallest absolute Gasteiger partial charge is 0.193 e. The highest BCUT2D eigenvalue weighted by molar-refractivity contribution is 7.91. The molecular formula is C18H24N4O2S2. The van der Waals surface area contributed by atoms with Crippen molar-refractivity contribution in [2.75, 3.05) is 50.4 Å². The number of guanidine groups is 1. The molecule has 1 aromatic carbocycles. The largest absolute Gasteiger partial charge is 0.360 e. The van der Waals surface area contributed by atoms with Crippen molar-refractivity contribution < 1.29 is 8.42 Å². The van der Waals surface area contributed by atoms with Gasteiger partial charge in [-0.25, -0.2) is 8.42 Å². The molecule has 0 saturated carbocycles. The lowest BCUT2D eigenvalue weighted by molar-refractivity contribution is 0.374. The molecule has 26 heavy (non-hydrogen) atoms. The summed E-state index contributed by atoms with van der Waals surface area (Å²) in [7, 11) is -1.54. The van der Waals surface area contributed by atoms with E-state index in [0.29, 0.717) is 11.4 Å². The summed E-state index contributed by atoms with van der Waals surface area (Å²) >= 11 is 1.75. The Morgan fingerprint density at radius 3 is 2.46 bits per heavy atom. The highest BCUT2D eigenvalue weighted by atomic mass is 32.2. The molecular weight excluding hydrogens is 368 g/mol. The SMILES string of the molecule is CN=C(NCCS(=O)(=O)c1ccccc1)N1CCN(c2cccs2)CC1. The molecule has 6 nitrogen and oxygen atoms in total. The van der Waals surface area contributed by atoms with E-state index in [-0.39, 0.29) is 5.75 Å². The Balaban J connectivity index is 1.50. The van der Waals surface area contributed by atoms with Crippen LogP contribution in [0.3, 0.4) is 0 Å². The van der Waals surface area contributed by atoms with Crippen molar-refractivity contribution in [2.45, 2.75) is 4.90 Å². The van der Waals surface area contributed by atoms with E-state index in [1.807, 2.05) is 6.07 Å². The first kappa shape index (κ1) is 18.7. The number of hydrogen-bond donors (Lipinski definition) is 1. The molecule has 0 amide bonds. The maximum absolute atomic E-state index is 12.4. The van der Waals surface area contributed by atoms with Crippen molar-refractivity contribution in [3.63, 3.8) is 0 Å². The van der Waals surface area contributed by atoms with Gasteiger partial charge in [0.15, 0.2) is 15.8 Å². The summed E-state index contributed by atoms with van der Waals surface area (Å²) in [6.07, 6.45) is 0. The first-order valence-electron chi connectivity index (χ1n) is 8.62. The van der Waals surface area contributed by atoms with E-state index < -0.39 is 9.84 Å². The molecule has 0 atom stereocenters. The van der Waals surface area contributed by atoms with Crippen LogP contribution in [0.25, 0.3) is 0 Å².